The van der Waals surface area contributed by atoms with Crippen molar-refractivity contribution in [3.63, 3.8) is 0 Å². The Morgan fingerprint density at radius 3 is 2.33 bits per heavy atom. The topological polar surface area (TPSA) is 176 Å². The zero-order valence-electron chi connectivity index (χ0n) is 30.7. The number of aromatic nitrogens is 1. The van der Waals surface area contributed by atoms with E-state index in [1.165, 1.54) is 16.2 Å². The SMILES string of the molecule is Cc1nc(C)c(C(=O)N[C@H]2CCCCC/C=C\C3CC3(C(=O)NS(=O)(=O)C3CC3)NC(=O)[C@@H]3C[C@@H](ON=C4c5ccccc5-c5ccccc54)CN3C2=O)s1. The minimum atomic E-state index is -3.88. The Balaban J connectivity index is 1.10. The largest absolute Gasteiger partial charge is 0.390 e. The van der Waals surface area contributed by atoms with E-state index in [1.807, 2.05) is 67.6 Å². The van der Waals surface area contributed by atoms with Crippen molar-refractivity contribution in [3.05, 3.63) is 87.4 Å². The third-order valence-corrected chi connectivity index (χ3v) is 14.1. The Bertz CT molecular complexity index is 2180. The number of hydrogen-bond acceptors (Lipinski definition) is 10. The molecule has 3 fully saturated rings. The lowest BCUT2D eigenvalue weighted by molar-refractivity contribution is -0.141. The van der Waals surface area contributed by atoms with Crippen LogP contribution in [0, 0.1) is 19.8 Å². The lowest BCUT2D eigenvalue weighted by Gasteiger charge is -2.29. The molecule has 55 heavy (non-hydrogen) atoms. The molecule has 0 bridgehead atoms. The van der Waals surface area contributed by atoms with Gasteiger partial charge in [-0.15, -0.1) is 11.3 Å². The van der Waals surface area contributed by atoms with Crippen LogP contribution in [0.25, 0.3) is 11.1 Å². The molecule has 2 saturated carbocycles. The molecule has 15 heteroatoms. The molecule has 0 radical (unpaired) electrons. The van der Waals surface area contributed by atoms with E-state index >= 15 is 0 Å². The lowest BCUT2D eigenvalue weighted by atomic mass is 10.0. The van der Waals surface area contributed by atoms with Gasteiger partial charge in [0.1, 0.15) is 34.3 Å². The van der Waals surface area contributed by atoms with E-state index in [-0.39, 0.29) is 19.4 Å². The number of carbonyl (C=O) groups is 4. The molecule has 4 amide bonds. The van der Waals surface area contributed by atoms with Crippen molar-refractivity contribution in [3.8, 4) is 11.1 Å². The number of nitrogens with one attached hydrogen (secondary N) is 3. The Morgan fingerprint density at radius 1 is 0.982 bits per heavy atom. The van der Waals surface area contributed by atoms with Gasteiger partial charge < -0.3 is 20.4 Å². The number of nitrogens with zero attached hydrogens (tertiary/aromatic N) is 3. The molecule has 2 aromatic carbocycles. The summed E-state index contributed by atoms with van der Waals surface area (Å²) in [5.41, 5.74) is 3.59. The van der Waals surface area contributed by atoms with Gasteiger partial charge in [-0.25, -0.2) is 13.4 Å². The van der Waals surface area contributed by atoms with E-state index < -0.39 is 68.5 Å². The molecule has 3 heterocycles. The van der Waals surface area contributed by atoms with Crippen molar-refractivity contribution < 1.29 is 32.4 Å². The number of hydrogen-bond donors (Lipinski definition) is 3. The van der Waals surface area contributed by atoms with Crippen molar-refractivity contribution in [2.45, 2.75) is 101 Å². The van der Waals surface area contributed by atoms with E-state index in [0.717, 1.165) is 40.1 Å². The molecule has 0 spiro atoms. The highest BCUT2D eigenvalue weighted by Gasteiger charge is 2.62. The summed E-state index contributed by atoms with van der Waals surface area (Å²) in [6.07, 6.45) is 7.68. The van der Waals surface area contributed by atoms with E-state index in [4.69, 9.17) is 4.84 Å². The first kappa shape index (κ1) is 37.1. The van der Waals surface area contributed by atoms with Crippen LogP contribution in [-0.2, 0) is 29.2 Å². The van der Waals surface area contributed by atoms with Crippen LogP contribution in [0.2, 0.25) is 0 Å². The predicted molar refractivity (Wildman–Crippen MR) is 207 cm³/mol. The maximum Gasteiger partial charge on any atom is 0.263 e. The summed E-state index contributed by atoms with van der Waals surface area (Å²) >= 11 is 1.25. The highest BCUT2D eigenvalue weighted by atomic mass is 32.2. The summed E-state index contributed by atoms with van der Waals surface area (Å²) in [7, 11) is -3.88. The number of carbonyl (C=O) groups excluding carboxylic acids is 4. The Morgan fingerprint density at radius 2 is 1.67 bits per heavy atom. The van der Waals surface area contributed by atoms with Crippen molar-refractivity contribution >= 4 is 50.7 Å². The number of thiazole rings is 1. The second kappa shape index (κ2) is 14.6. The number of sulfonamides is 1. The zero-order valence-corrected chi connectivity index (χ0v) is 32.4. The maximum absolute atomic E-state index is 14.6. The third kappa shape index (κ3) is 7.31. The van der Waals surface area contributed by atoms with Crippen LogP contribution in [0.3, 0.4) is 0 Å². The summed E-state index contributed by atoms with van der Waals surface area (Å²) in [6, 6.07) is 13.8. The third-order valence-electron chi connectivity index (χ3n) is 11.2. The van der Waals surface area contributed by atoms with Crippen LogP contribution in [0.5, 0.6) is 0 Å². The smallest absolute Gasteiger partial charge is 0.263 e. The maximum atomic E-state index is 14.6. The van der Waals surface area contributed by atoms with Gasteiger partial charge in [-0.3, -0.25) is 23.9 Å². The molecule has 5 atom stereocenters. The molecule has 5 aliphatic rings. The number of amides is 4. The summed E-state index contributed by atoms with van der Waals surface area (Å²) in [5.74, 6) is -2.65. The van der Waals surface area contributed by atoms with Crippen molar-refractivity contribution in [2.24, 2.45) is 11.1 Å². The first-order valence-electron chi connectivity index (χ1n) is 19.0. The summed E-state index contributed by atoms with van der Waals surface area (Å²) in [6.45, 7) is 3.57. The molecule has 13 nitrogen and oxygen atoms in total. The van der Waals surface area contributed by atoms with Gasteiger partial charge in [0.15, 0.2) is 0 Å². The molecule has 3 aliphatic carbocycles. The van der Waals surface area contributed by atoms with Gasteiger partial charge in [-0.05, 0) is 63.5 Å². The number of allylic oxidation sites excluding steroid dienone is 1. The van der Waals surface area contributed by atoms with Gasteiger partial charge in [0, 0.05) is 23.5 Å². The fourth-order valence-corrected chi connectivity index (χ4v) is 10.2. The van der Waals surface area contributed by atoms with Gasteiger partial charge in [0.05, 0.1) is 22.5 Å². The zero-order chi connectivity index (χ0) is 38.5. The molecule has 1 aromatic heterocycles. The van der Waals surface area contributed by atoms with Crippen molar-refractivity contribution in [1.82, 2.24) is 25.2 Å². The Hall–Kier alpha value is -4.89. The van der Waals surface area contributed by atoms with Gasteiger partial charge in [0.2, 0.25) is 21.8 Å². The van der Waals surface area contributed by atoms with E-state index in [9.17, 15) is 27.6 Å². The minimum Gasteiger partial charge on any atom is -0.390 e. The quantitative estimate of drug-likeness (QED) is 0.184. The molecule has 3 aromatic rings. The standard InChI is InChI=1S/C40H44N6O7S2/c1-23-35(54-24(2)41-23)37(48)42-32-17-7-5-3-4-6-12-25-21-40(25,39(50)45-55(51,52)27-18-19-27)43-36(47)33-20-26(22-46(33)38(32)49)53-44-34-30-15-10-8-13-28(30)29-14-9-11-16-31(29)34/h6,8-16,25-27,32-33H,3-5,7,17-22H2,1-2H3,(H,42,48)(H,43,47)(H,45,50)/b12-6-/t25?,26-,32+,33+,40?/m1/s1. The fraction of sp³-hybridized carbons (Fsp3) is 0.450. The number of fused-ring (bicyclic) bond motifs is 5. The first-order valence-corrected chi connectivity index (χ1v) is 21.3. The average molecular weight is 785 g/mol. The minimum absolute atomic E-state index is 0.000640. The molecular formula is C40H44N6O7S2. The first-order chi connectivity index (χ1) is 26.4. The Kier molecular flexibility index (Phi) is 9.86. The van der Waals surface area contributed by atoms with Crippen LogP contribution < -0.4 is 15.4 Å². The molecule has 1 saturated heterocycles. The second-order valence-electron chi connectivity index (χ2n) is 15.2. The molecule has 3 N–H and O–H groups in total. The summed E-state index contributed by atoms with van der Waals surface area (Å²) in [4.78, 5) is 68.8. The normalized spacial score (nSPS) is 26.9. The van der Waals surface area contributed by atoms with Crippen LogP contribution in [0.4, 0.5) is 0 Å². The number of oxime groups is 1. The van der Waals surface area contributed by atoms with Crippen LogP contribution in [0.1, 0.15) is 89.3 Å². The fourth-order valence-electron chi connectivity index (χ4n) is 8.02. The van der Waals surface area contributed by atoms with Gasteiger partial charge >= 0.3 is 0 Å². The van der Waals surface area contributed by atoms with E-state index in [2.05, 4.69) is 25.5 Å². The highest BCUT2D eigenvalue weighted by Crippen LogP contribution is 2.46. The van der Waals surface area contributed by atoms with Crippen LogP contribution in [0.15, 0.2) is 65.8 Å². The van der Waals surface area contributed by atoms with E-state index in [1.54, 1.807) is 6.92 Å². The predicted octanol–water partition coefficient (Wildman–Crippen LogP) is 4.28. The summed E-state index contributed by atoms with van der Waals surface area (Å²) in [5, 5.41) is 10.6. The highest BCUT2D eigenvalue weighted by molar-refractivity contribution is 7.91. The number of benzene rings is 2. The molecule has 288 valence electrons. The lowest BCUT2D eigenvalue weighted by Crippen LogP contribution is -2.58. The second-order valence-corrected chi connectivity index (χ2v) is 18.4. The Labute approximate surface area is 324 Å². The molecule has 2 aliphatic heterocycles. The molecular weight excluding hydrogens is 741 g/mol. The molecule has 2 unspecified atom stereocenters. The van der Waals surface area contributed by atoms with Gasteiger partial charge in [0.25, 0.3) is 11.8 Å². The van der Waals surface area contributed by atoms with Crippen LogP contribution in [-0.4, -0.2) is 83.2 Å². The summed E-state index contributed by atoms with van der Waals surface area (Å²) < 4.78 is 28.0. The van der Waals surface area contributed by atoms with E-state index in [0.29, 0.717) is 48.4 Å². The van der Waals surface area contributed by atoms with Crippen LogP contribution >= 0.6 is 11.3 Å². The molecule has 8 rings (SSSR count). The van der Waals surface area contributed by atoms with Gasteiger partial charge in [-0.1, -0.05) is 78.7 Å². The van der Waals surface area contributed by atoms with Crippen molar-refractivity contribution in [1.29, 1.82) is 0 Å². The number of rotatable bonds is 7. The average Bonchev–Trinajstić information content (AvgIpc) is 4.03. The van der Waals surface area contributed by atoms with Gasteiger partial charge in [-0.2, -0.15) is 0 Å². The number of aryl methyl sites for hydroxylation is 2. The monoisotopic (exact) mass is 784 g/mol. The van der Waals surface area contributed by atoms with Crippen molar-refractivity contribution in [2.75, 3.05) is 6.54 Å².